The van der Waals surface area contributed by atoms with Gasteiger partial charge in [-0.1, -0.05) is 23.4 Å². The standard InChI is InChI=1S/C20H22N4O4S/c1-27-17-7-9-18(10-8-17)29(25,26)24-13-11-23(12-14-24)15-19-21-20(28-22-19)16-5-3-2-4-6-16/h2-10H,11-15H2,1H3. The van der Waals surface area contributed by atoms with E-state index in [1.54, 1.807) is 31.4 Å². The van der Waals surface area contributed by atoms with Crippen LogP contribution in [-0.2, 0) is 16.6 Å². The lowest BCUT2D eigenvalue weighted by Crippen LogP contribution is -2.48. The number of benzene rings is 2. The number of hydrogen-bond donors (Lipinski definition) is 0. The minimum absolute atomic E-state index is 0.275. The summed E-state index contributed by atoms with van der Waals surface area (Å²) >= 11 is 0. The van der Waals surface area contributed by atoms with Gasteiger partial charge in [0.2, 0.25) is 10.0 Å². The van der Waals surface area contributed by atoms with E-state index in [4.69, 9.17) is 9.26 Å². The SMILES string of the molecule is COc1ccc(S(=O)(=O)N2CCN(Cc3noc(-c4ccccc4)n3)CC2)cc1. The second-order valence-corrected chi connectivity index (χ2v) is 8.68. The Morgan fingerprint density at radius 2 is 1.69 bits per heavy atom. The van der Waals surface area contributed by atoms with Gasteiger partial charge in [-0.2, -0.15) is 9.29 Å². The van der Waals surface area contributed by atoms with Crippen LogP contribution in [0.15, 0.2) is 64.0 Å². The molecule has 4 rings (SSSR count). The number of nitrogens with zero attached hydrogens (tertiary/aromatic N) is 4. The van der Waals surface area contributed by atoms with Crippen molar-refractivity contribution < 1.29 is 17.7 Å². The molecule has 1 fully saturated rings. The minimum Gasteiger partial charge on any atom is -0.497 e. The number of methoxy groups -OCH3 is 1. The number of piperazine rings is 1. The van der Waals surface area contributed by atoms with Gasteiger partial charge in [0, 0.05) is 31.7 Å². The molecule has 1 aromatic heterocycles. The highest BCUT2D eigenvalue weighted by Crippen LogP contribution is 2.21. The molecule has 3 aromatic rings. The maximum absolute atomic E-state index is 12.8. The summed E-state index contributed by atoms with van der Waals surface area (Å²) in [7, 11) is -1.96. The molecule has 0 aliphatic carbocycles. The maximum Gasteiger partial charge on any atom is 0.257 e. The lowest BCUT2D eigenvalue weighted by Gasteiger charge is -2.33. The van der Waals surface area contributed by atoms with E-state index < -0.39 is 10.0 Å². The van der Waals surface area contributed by atoms with Crippen LogP contribution < -0.4 is 4.74 Å². The molecular weight excluding hydrogens is 392 g/mol. The molecule has 0 N–H and O–H groups in total. The predicted octanol–water partition coefficient (Wildman–Crippen LogP) is 2.25. The lowest BCUT2D eigenvalue weighted by atomic mass is 10.2. The number of ether oxygens (including phenoxy) is 1. The van der Waals surface area contributed by atoms with Crippen LogP contribution in [0.4, 0.5) is 0 Å². The van der Waals surface area contributed by atoms with E-state index in [2.05, 4.69) is 15.0 Å². The minimum atomic E-state index is -3.51. The Bertz CT molecular complexity index is 1040. The Morgan fingerprint density at radius 1 is 1.00 bits per heavy atom. The Morgan fingerprint density at radius 3 is 2.34 bits per heavy atom. The summed E-state index contributed by atoms with van der Waals surface area (Å²) in [5, 5.41) is 4.05. The molecule has 9 heteroatoms. The van der Waals surface area contributed by atoms with E-state index in [-0.39, 0.29) is 4.90 Å². The predicted molar refractivity (Wildman–Crippen MR) is 107 cm³/mol. The molecule has 0 radical (unpaired) electrons. The third kappa shape index (κ3) is 4.31. The molecule has 152 valence electrons. The molecule has 0 unspecified atom stereocenters. The first-order chi connectivity index (χ1) is 14.1. The van der Waals surface area contributed by atoms with Gasteiger partial charge in [-0.25, -0.2) is 8.42 Å². The van der Waals surface area contributed by atoms with Crippen molar-refractivity contribution in [3.05, 3.63) is 60.4 Å². The molecule has 1 saturated heterocycles. The van der Waals surface area contributed by atoms with Crippen LogP contribution in [0.2, 0.25) is 0 Å². The summed E-state index contributed by atoms with van der Waals surface area (Å²) in [5.74, 6) is 1.71. The highest BCUT2D eigenvalue weighted by Gasteiger charge is 2.29. The van der Waals surface area contributed by atoms with E-state index in [9.17, 15) is 8.42 Å². The van der Waals surface area contributed by atoms with E-state index in [0.29, 0.717) is 50.2 Å². The molecule has 0 bridgehead atoms. The van der Waals surface area contributed by atoms with Gasteiger partial charge in [-0.3, -0.25) is 4.90 Å². The van der Waals surface area contributed by atoms with Gasteiger partial charge in [0.1, 0.15) is 5.75 Å². The van der Waals surface area contributed by atoms with Crippen molar-refractivity contribution in [2.45, 2.75) is 11.4 Å². The van der Waals surface area contributed by atoms with Crippen LogP contribution in [0, 0.1) is 0 Å². The van der Waals surface area contributed by atoms with Gasteiger partial charge in [0.15, 0.2) is 5.82 Å². The highest BCUT2D eigenvalue weighted by molar-refractivity contribution is 7.89. The summed E-state index contributed by atoms with van der Waals surface area (Å²) in [6.45, 7) is 2.55. The van der Waals surface area contributed by atoms with Crippen molar-refractivity contribution in [1.82, 2.24) is 19.3 Å². The molecule has 0 amide bonds. The van der Waals surface area contributed by atoms with Crippen LogP contribution in [0.25, 0.3) is 11.5 Å². The van der Waals surface area contributed by atoms with Crippen molar-refractivity contribution in [3.8, 4) is 17.2 Å². The molecule has 1 aliphatic rings. The largest absolute Gasteiger partial charge is 0.497 e. The molecule has 8 nitrogen and oxygen atoms in total. The first-order valence-corrected chi connectivity index (χ1v) is 10.7. The molecule has 1 aliphatic heterocycles. The van der Waals surface area contributed by atoms with Gasteiger partial charge in [-0.15, -0.1) is 0 Å². The fourth-order valence-corrected chi connectivity index (χ4v) is 4.66. The summed E-state index contributed by atoms with van der Waals surface area (Å²) in [4.78, 5) is 6.84. The van der Waals surface area contributed by atoms with Crippen molar-refractivity contribution in [2.75, 3.05) is 33.3 Å². The molecule has 29 heavy (non-hydrogen) atoms. The van der Waals surface area contributed by atoms with Crippen molar-refractivity contribution in [2.24, 2.45) is 0 Å². The monoisotopic (exact) mass is 414 g/mol. The van der Waals surface area contributed by atoms with E-state index in [1.807, 2.05) is 30.3 Å². The summed E-state index contributed by atoms with van der Waals surface area (Å²) in [6.07, 6.45) is 0. The topological polar surface area (TPSA) is 88.8 Å². The number of hydrogen-bond acceptors (Lipinski definition) is 7. The number of rotatable bonds is 6. The van der Waals surface area contributed by atoms with E-state index >= 15 is 0 Å². The first-order valence-electron chi connectivity index (χ1n) is 9.31. The Balaban J connectivity index is 1.36. The number of aromatic nitrogens is 2. The van der Waals surface area contributed by atoms with Crippen LogP contribution in [0.1, 0.15) is 5.82 Å². The van der Waals surface area contributed by atoms with Crippen LogP contribution in [0.5, 0.6) is 5.75 Å². The Kier molecular flexibility index (Phi) is 5.61. The van der Waals surface area contributed by atoms with Crippen molar-refractivity contribution in [1.29, 1.82) is 0 Å². The normalized spacial score (nSPS) is 16.0. The molecule has 0 spiro atoms. The van der Waals surface area contributed by atoms with Crippen LogP contribution in [0.3, 0.4) is 0 Å². The van der Waals surface area contributed by atoms with Gasteiger partial charge in [0.25, 0.3) is 5.89 Å². The molecule has 0 saturated carbocycles. The average Bonchev–Trinajstić information content (AvgIpc) is 3.23. The van der Waals surface area contributed by atoms with Gasteiger partial charge in [-0.05, 0) is 36.4 Å². The average molecular weight is 414 g/mol. The fraction of sp³-hybridized carbons (Fsp3) is 0.300. The second-order valence-electron chi connectivity index (χ2n) is 6.74. The van der Waals surface area contributed by atoms with Crippen molar-refractivity contribution in [3.63, 3.8) is 0 Å². The zero-order chi connectivity index (χ0) is 20.3. The number of sulfonamides is 1. The third-order valence-electron chi connectivity index (χ3n) is 4.88. The molecule has 2 heterocycles. The summed E-state index contributed by atoms with van der Waals surface area (Å²) in [6, 6.07) is 16.1. The third-order valence-corrected chi connectivity index (χ3v) is 6.80. The lowest BCUT2D eigenvalue weighted by molar-refractivity contribution is 0.176. The maximum atomic E-state index is 12.8. The van der Waals surface area contributed by atoms with Gasteiger partial charge < -0.3 is 9.26 Å². The Hall–Kier alpha value is -2.75. The van der Waals surface area contributed by atoms with Crippen molar-refractivity contribution >= 4 is 10.0 Å². The van der Waals surface area contributed by atoms with Crippen LogP contribution >= 0.6 is 0 Å². The van der Waals surface area contributed by atoms with Crippen LogP contribution in [-0.4, -0.2) is 61.1 Å². The molecule has 2 aromatic carbocycles. The second kappa shape index (κ2) is 8.32. The van der Waals surface area contributed by atoms with Gasteiger partial charge >= 0.3 is 0 Å². The fourth-order valence-electron chi connectivity index (χ4n) is 3.24. The Labute approximate surface area is 169 Å². The zero-order valence-electron chi connectivity index (χ0n) is 16.1. The summed E-state index contributed by atoms with van der Waals surface area (Å²) in [5.41, 5.74) is 0.877. The van der Waals surface area contributed by atoms with E-state index in [0.717, 1.165) is 5.56 Å². The first kappa shape index (κ1) is 19.6. The van der Waals surface area contributed by atoms with Gasteiger partial charge in [0.05, 0.1) is 18.6 Å². The molecular formula is C20H22N4O4S. The highest BCUT2D eigenvalue weighted by atomic mass is 32.2. The summed E-state index contributed by atoms with van der Waals surface area (Å²) < 4.78 is 37.6. The smallest absolute Gasteiger partial charge is 0.257 e. The quantitative estimate of drug-likeness (QED) is 0.611. The zero-order valence-corrected chi connectivity index (χ0v) is 16.9. The molecule has 0 atom stereocenters. The van der Waals surface area contributed by atoms with E-state index in [1.165, 1.54) is 4.31 Å².